The van der Waals surface area contributed by atoms with E-state index >= 15 is 0 Å². The van der Waals surface area contributed by atoms with Gasteiger partial charge in [0.2, 0.25) is 0 Å². The highest BCUT2D eigenvalue weighted by molar-refractivity contribution is 7.97. The summed E-state index contributed by atoms with van der Waals surface area (Å²) in [5.41, 5.74) is 1.33. The van der Waals surface area contributed by atoms with Gasteiger partial charge in [-0.05, 0) is 55.1 Å². The number of ether oxygens (including phenoxy) is 1. The van der Waals surface area contributed by atoms with Crippen molar-refractivity contribution in [1.82, 2.24) is 4.72 Å². The van der Waals surface area contributed by atoms with Crippen molar-refractivity contribution in [3.05, 3.63) is 48.5 Å². The van der Waals surface area contributed by atoms with E-state index in [2.05, 4.69) is 27.8 Å². The highest BCUT2D eigenvalue weighted by atomic mass is 32.2. The Morgan fingerprint density at radius 3 is 2.90 bits per heavy atom. The number of hydrogen-bond donors (Lipinski definition) is 1. The van der Waals surface area contributed by atoms with Crippen LogP contribution < -0.4 is 14.4 Å². The van der Waals surface area contributed by atoms with Gasteiger partial charge < -0.3 is 9.64 Å². The van der Waals surface area contributed by atoms with Gasteiger partial charge in [-0.3, -0.25) is 0 Å². The Morgan fingerprint density at radius 1 is 1.10 bits per heavy atom. The highest BCUT2D eigenvalue weighted by Crippen LogP contribution is 2.40. The van der Waals surface area contributed by atoms with Gasteiger partial charge >= 0.3 is 0 Å². The van der Waals surface area contributed by atoms with Crippen molar-refractivity contribution in [2.45, 2.75) is 23.9 Å². The molecule has 2 aliphatic heterocycles. The molecule has 0 radical (unpaired) electrons. The third kappa shape index (κ3) is 2.15. The van der Waals surface area contributed by atoms with E-state index in [9.17, 15) is 0 Å². The number of rotatable bonds is 2. The van der Waals surface area contributed by atoms with Gasteiger partial charge in [-0.1, -0.05) is 18.2 Å². The molecule has 1 atom stereocenters. The van der Waals surface area contributed by atoms with Crippen LogP contribution in [0.2, 0.25) is 0 Å². The molecule has 1 saturated heterocycles. The predicted octanol–water partition coefficient (Wildman–Crippen LogP) is 4.02. The van der Waals surface area contributed by atoms with Crippen LogP contribution in [0.15, 0.2) is 53.4 Å². The SMILES string of the molecule is c1ccc(Oc2ccc3c(c2)SNC2CCCN32)cc1. The molecule has 1 N–H and O–H groups in total. The van der Waals surface area contributed by atoms with Crippen molar-refractivity contribution in [3.8, 4) is 11.5 Å². The highest BCUT2D eigenvalue weighted by Gasteiger charge is 2.30. The molecule has 0 aliphatic carbocycles. The molecule has 0 spiro atoms. The summed E-state index contributed by atoms with van der Waals surface area (Å²) in [6, 6.07) is 16.3. The molecule has 0 amide bonds. The quantitative estimate of drug-likeness (QED) is 0.842. The third-order valence-electron chi connectivity index (χ3n) is 3.78. The van der Waals surface area contributed by atoms with Gasteiger partial charge in [-0.15, -0.1) is 0 Å². The molecule has 0 bridgehead atoms. The van der Waals surface area contributed by atoms with Crippen LogP contribution in [-0.2, 0) is 0 Å². The lowest BCUT2D eigenvalue weighted by atomic mass is 10.2. The normalized spacial score (nSPS) is 20.4. The van der Waals surface area contributed by atoms with Gasteiger partial charge in [0.25, 0.3) is 0 Å². The summed E-state index contributed by atoms with van der Waals surface area (Å²) in [4.78, 5) is 3.70. The summed E-state index contributed by atoms with van der Waals surface area (Å²) in [5.74, 6) is 1.77. The molecule has 4 heteroatoms. The van der Waals surface area contributed by atoms with Crippen LogP contribution in [0.4, 0.5) is 5.69 Å². The average molecular weight is 284 g/mol. The molecular weight excluding hydrogens is 268 g/mol. The first-order valence-corrected chi connectivity index (χ1v) is 7.78. The van der Waals surface area contributed by atoms with Crippen LogP contribution in [0.1, 0.15) is 12.8 Å². The number of hydrogen-bond acceptors (Lipinski definition) is 4. The number of nitrogens with one attached hydrogen (secondary N) is 1. The van der Waals surface area contributed by atoms with E-state index in [1.54, 1.807) is 11.9 Å². The molecule has 1 unspecified atom stereocenters. The molecule has 0 saturated carbocycles. The lowest BCUT2D eigenvalue weighted by molar-refractivity contribution is 0.481. The first kappa shape index (κ1) is 12.1. The number of benzene rings is 2. The van der Waals surface area contributed by atoms with Gasteiger partial charge in [0, 0.05) is 11.4 Å². The zero-order valence-electron chi connectivity index (χ0n) is 11.1. The van der Waals surface area contributed by atoms with E-state index in [0.29, 0.717) is 6.17 Å². The van der Waals surface area contributed by atoms with Crippen molar-refractivity contribution < 1.29 is 4.74 Å². The Kier molecular flexibility index (Phi) is 3.05. The predicted molar refractivity (Wildman–Crippen MR) is 82.3 cm³/mol. The third-order valence-corrected chi connectivity index (χ3v) is 4.71. The van der Waals surface area contributed by atoms with Gasteiger partial charge in [-0.2, -0.15) is 0 Å². The first-order valence-electron chi connectivity index (χ1n) is 6.96. The van der Waals surface area contributed by atoms with E-state index < -0.39 is 0 Å². The van der Waals surface area contributed by atoms with Gasteiger partial charge in [0.05, 0.1) is 11.9 Å². The maximum absolute atomic E-state index is 5.90. The lowest BCUT2D eigenvalue weighted by Crippen LogP contribution is -2.41. The van der Waals surface area contributed by atoms with Crippen molar-refractivity contribution in [3.63, 3.8) is 0 Å². The van der Waals surface area contributed by atoms with Crippen LogP contribution in [0.5, 0.6) is 11.5 Å². The molecule has 2 aromatic carbocycles. The second-order valence-corrected chi connectivity index (χ2v) is 6.00. The molecular formula is C16H16N2OS. The maximum atomic E-state index is 5.90. The van der Waals surface area contributed by atoms with Crippen LogP contribution in [0.25, 0.3) is 0 Å². The summed E-state index contributed by atoms with van der Waals surface area (Å²) in [7, 11) is 0. The minimum absolute atomic E-state index is 0.494. The summed E-state index contributed by atoms with van der Waals surface area (Å²) in [6.45, 7) is 1.14. The second kappa shape index (κ2) is 5.04. The topological polar surface area (TPSA) is 24.5 Å². The Morgan fingerprint density at radius 2 is 2.00 bits per heavy atom. The Bertz CT molecular complexity index is 617. The zero-order chi connectivity index (χ0) is 13.4. The molecule has 2 heterocycles. The number of nitrogens with zero attached hydrogens (tertiary/aromatic N) is 1. The monoisotopic (exact) mass is 284 g/mol. The minimum atomic E-state index is 0.494. The first-order chi connectivity index (χ1) is 9.90. The van der Waals surface area contributed by atoms with Crippen LogP contribution in [0.3, 0.4) is 0 Å². The van der Waals surface area contributed by atoms with Crippen molar-refractivity contribution in [2.24, 2.45) is 0 Å². The van der Waals surface area contributed by atoms with Crippen molar-refractivity contribution in [1.29, 1.82) is 0 Å². The fourth-order valence-electron chi connectivity index (χ4n) is 2.81. The van der Waals surface area contributed by atoms with E-state index in [-0.39, 0.29) is 0 Å². The summed E-state index contributed by atoms with van der Waals surface area (Å²) < 4.78 is 9.41. The molecule has 102 valence electrons. The van der Waals surface area contributed by atoms with Crippen molar-refractivity contribution in [2.75, 3.05) is 11.4 Å². The largest absolute Gasteiger partial charge is 0.457 e. The number of anilines is 1. The lowest BCUT2D eigenvalue weighted by Gasteiger charge is -2.33. The number of para-hydroxylation sites is 1. The van der Waals surface area contributed by atoms with E-state index in [4.69, 9.17) is 4.74 Å². The van der Waals surface area contributed by atoms with Crippen LogP contribution in [-0.4, -0.2) is 12.7 Å². The average Bonchev–Trinajstić information content (AvgIpc) is 2.97. The molecule has 2 aromatic rings. The molecule has 1 fully saturated rings. The molecule has 4 rings (SSSR count). The van der Waals surface area contributed by atoms with Crippen LogP contribution >= 0.6 is 11.9 Å². The zero-order valence-corrected chi connectivity index (χ0v) is 11.9. The van der Waals surface area contributed by atoms with Gasteiger partial charge in [-0.25, -0.2) is 4.72 Å². The van der Waals surface area contributed by atoms with Gasteiger partial charge in [0.1, 0.15) is 11.5 Å². The molecule has 20 heavy (non-hydrogen) atoms. The fourth-order valence-corrected chi connectivity index (χ4v) is 3.78. The smallest absolute Gasteiger partial charge is 0.128 e. The fraction of sp³-hybridized carbons (Fsp3) is 0.250. The molecule has 0 aromatic heterocycles. The summed E-state index contributed by atoms with van der Waals surface area (Å²) >= 11 is 1.72. The summed E-state index contributed by atoms with van der Waals surface area (Å²) in [6.07, 6.45) is 2.99. The molecule has 3 nitrogen and oxygen atoms in total. The minimum Gasteiger partial charge on any atom is -0.457 e. The Balaban J connectivity index is 1.62. The van der Waals surface area contributed by atoms with E-state index in [0.717, 1.165) is 18.0 Å². The summed E-state index contributed by atoms with van der Waals surface area (Å²) in [5, 5.41) is 0. The Labute approximate surface area is 123 Å². The van der Waals surface area contributed by atoms with Crippen molar-refractivity contribution >= 4 is 17.6 Å². The Hall–Kier alpha value is -1.65. The van der Waals surface area contributed by atoms with E-state index in [1.807, 2.05) is 30.3 Å². The standard InChI is InChI=1S/C16H16N2OS/c1-2-5-12(6-3-1)19-13-8-9-14-15(11-13)20-17-16-7-4-10-18(14)16/h1-3,5-6,8-9,11,16-17H,4,7,10H2. The van der Waals surface area contributed by atoms with Gasteiger partial charge in [0.15, 0.2) is 0 Å². The van der Waals surface area contributed by atoms with E-state index in [1.165, 1.54) is 23.4 Å². The molecule has 2 aliphatic rings. The maximum Gasteiger partial charge on any atom is 0.128 e. The number of fused-ring (bicyclic) bond motifs is 3. The van der Waals surface area contributed by atoms with Crippen LogP contribution in [0, 0.1) is 0 Å². The second-order valence-electron chi connectivity index (χ2n) is 5.12.